The summed E-state index contributed by atoms with van der Waals surface area (Å²) in [5.41, 5.74) is 11.6. The molecule has 0 spiro atoms. The zero-order valence-electron chi connectivity index (χ0n) is 13.5. The van der Waals surface area contributed by atoms with Crippen LogP contribution >= 0.6 is 0 Å². The summed E-state index contributed by atoms with van der Waals surface area (Å²) < 4.78 is 15.4. The van der Waals surface area contributed by atoms with Crippen LogP contribution in [0.2, 0.25) is 0 Å². The van der Waals surface area contributed by atoms with Gasteiger partial charge in [0.1, 0.15) is 5.82 Å². The Morgan fingerprint density at radius 2 is 1.83 bits per heavy atom. The highest BCUT2D eigenvalue weighted by Gasteiger charge is 2.19. The summed E-state index contributed by atoms with van der Waals surface area (Å²) in [6, 6.07) is 10.3. The first-order valence-corrected chi connectivity index (χ1v) is 7.65. The Morgan fingerprint density at radius 1 is 1.17 bits per heavy atom. The number of nitrogens with two attached hydrogens (primary N) is 1. The molecule has 2 aromatic carbocycles. The van der Waals surface area contributed by atoms with Gasteiger partial charge in [-0.25, -0.2) is 4.39 Å². The first-order chi connectivity index (χ1) is 10.9. The van der Waals surface area contributed by atoms with E-state index in [1.165, 1.54) is 29.6 Å². The zero-order chi connectivity index (χ0) is 16.7. The second-order valence-electron chi connectivity index (χ2n) is 6.12. The van der Waals surface area contributed by atoms with Crippen LogP contribution in [0.4, 0.5) is 10.1 Å². The molecule has 4 heteroatoms. The van der Waals surface area contributed by atoms with E-state index in [0.717, 1.165) is 16.6 Å². The number of anilines is 1. The Bertz CT molecular complexity index is 889. The van der Waals surface area contributed by atoms with Gasteiger partial charge in [0.25, 0.3) is 0 Å². The third-order valence-electron chi connectivity index (χ3n) is 4.26. The molecule has 1 heterocycles. The van der Waals surface area contributed by atoms with Crippen molar-refractivity contribution < 1.29 is 4.39 Å². The Morgan fingerprint density at radius 3 is 2.39 bits per heavy atom. The highest BCUT2D eigenvalue weighted by molar-refractivity contribution is 5.97. The first kappa shape index (κ1) is 15.3. The summed E-state index contributed by atoms with van der Waals surface area (Å²) >= 11 is 0. The molecule has 23 heavy (non-hydrogen) atoms. The smallest absolute Gasteiger partial charge is 0.123 e. The van der Waals surface area contributed by atoms with Crippen molar-refractivity contribution in [1.82, 2.24) is 4.57 Å². The Kier molecular flexibility index (Phi) is 3.68. The van der Waals surface area contributed by atoms with E-state index in [-0.39, 0.29) is 5.82 Å². The average Bonchev–Trinajstić information content (AvgIpc) is 2.80. The van der Waals surface area contributed by atoms with Crippen molar-refractivity contribution in [3.63, 3.8) is 0 Å². The van der Waals surface area contributed by atoms with Gasteiger partial charge in [0, 0.05) is 34.2 Å². The van der Waals surface area contributed by atoms with Crippen molar-refractivity contribution in [2.75, 3.05) is 5.73 Å². The molecule has 0 saturated carbocycles. The molecule has 1 aromatic heterocycles. The summed E-state index contributed by atoms with van der Waals surface area (Å²) in [5, 5.41) is 8.61. The van der Waals surface area contributed by atoms with Crippen LogP contribution in [0.5, 0.6) is 0 Å². The minimum atomic E-state index is -0.252. The molecule has 3 nitrogen and oxygen atoms in total. The number of rotatable bonds is 3. The number of halogens is 1. The van der Waals surface area contributed by atoms with Crippen LogP contribution in [0.1, 0.15) is 36.6 Å². The minimum Gasteiger partial charge on any atom is -0.398 e. The molecular formula is C19H20FN3. The highest BCUT2D eigenvalue weighted by atomic mass is 19.1. The third kappa shape index (κ3) is 2.40. The van der Waals surface area contributed by atoms with Crippen LogP contribution < -0.4 is 5.73 Å². The van der Waals surface area contributed by atoms with Crippen LogP contribution in [0.15, 0.2) is 36.4 Å². The van der Waals surface area contributed by atoms with Crippen molar-refractivity contribution in [2.45, 2.75) is 26.7 Å². The normalized spacial score (nSPS) is 11.3. The Hall–Kier alpha value is -2.62. The van der Waals surface area contributed by atoms with Gasteiger partial charge < -0.3 is 15.7 Å². The lowest BCUT2D eigenvalue weighted by Crippen LogP contribution is -2.03. The van der Waals surface area contributed by atoms with Crippen LogP contribution in [0, 0.1) is 18.2 Å². The van der Waals surface area contributed by atoms with Gasteiger partial charge >= 0.3 is 0 Å². The molecule has 0 aliphatic carbocycles. The number of fused-ring (bicyclic) bond motifs is 1. The molecule has 3 rings (SSSR count). The molecule has 0 amide bonds. The Balaban J connectivity index is 2.44. The van der Waals surface area contributed by atoms with E-state index in [4.69, 9.17) is 11.1 Å². The van der Waals surface area contributed by atoms with Crippen molar-refractivity contribution in [3.8, 4) is 5.69 Å². The molecule has 0 aliphatic rings. The van der Waals surface area contributed by atoms with E-state index in [0.29, 0.717) is 17.2 Å². The van der Waals surface area contributed by atoms with Gasteiger partial charge in [-0.2, -0.15) is 0 Å². The maximum absolute atomic E-state index is 13.3. The van der Waals surface area contributed by atoms with E-state index in [9.17, 15) is 4.39 Å². The quantitative estimate of drug-likeness (QED) is 0.531. The van der Waals surface area contributed by atoms with E-state index in [1.807, 2.05) is 12.1 Å². The lowest BCUT2D eigenvalue weighted by molar-refractivity contribution is 0.627. The van der Waals surface area contributed by atoms with Crippen molar-refractivity contribution in [3.05, 3.63) is 59.0 Å². The number of hydrogen-bond donors (Lipinski definition) is 2. The number of nitrogens with one attached hydrogen (secondary N) is 1. The SMILES string of the molecule is Cc1c(C(C)C)n(-c2ccc(F)cc2)c2cc(C=N)c(N)cc12. The molecule has 0 bridgehead atoms. The topological polar surface area (TPSA) is 54.8 Å². The molecule has 3 aromatic rings. The van der Waals surface area contributed by atoms with E-state index >= 15 is 0 Å². The first-order valence-electron chi connectivity index (χ1n) is 7.65. The number of benzene rings is 2. The molecule has 0 atom stereocenters. The number of nitrogens with zero attached hydrogens (tertiary/aromatic N) is 1. The zero-order valence-corrected chi connectivity index (χ0v) is 13.5. The van der Waals surface area contributed by atoms with Crippen molar-refractivity contribution >= 4 is 22.8 Å². The molecule has 0 unspecified atom stereocenters. The predicted molar refractivity (Wildman–Crippen MR) is 94.4 cm³/mol. The molecule has 0 saturated heterocycles. The van der Waals surface area contributed by atoms with E-state index in [1.54, 1.807) is 12.1 Å². The van der Waals surface area contributed by atoms with Gasteiger partial charge in [-0.3, -0.25) is 0 Å². The van der Waals surface area contributed by atoms with Gasteiger partial charge in [0.05, 0.1) is 5.52 Å². The maximum Gasteiger partial charge on any atom is 0.123 e. The molecule has 0 radical (unpaired) electrons. The summed E-state index contributed by atoms with van der Waals surface area (Å²) in [5.74, 6) is 0.0505. The molecule has 3 N–H and O–H groups in total. The number of aromatic nitrogens is 1. The number of hydrogen-bond acceptors (Lipinski definition) is 2. The summed E-state index contributed by atoms with van der Waals surface area (Å²) in [7, 11) is 0. The average molecular weight is 309 g/mol. The van der Waals surface area contributed by atoms with Gasteiger partial charge in [0.2, 0.25) is 0 Å². The van der Waals surface area contributed by atoms with Gasteiger partial charge in [0.15, 0.2) is 0 Å². The fourth-order valence-electron chi connectivity index (χ4n) is 3.23. The summed E-state index contributed by atoms with van der Waals surface area (Å²) in [6.45, 7) is 6.37. The van der Waals surface area contributed by atoms with E-state index in [2.05, 4.69) is 25.3 Å². The summed E-state index contributed by atoms with van der Waals surface area (Å²) in [6.07, 6.45) is 1.27. The predicted octanol–water partition coefficient (Wildman–Crippen LogP) is 4.78. The van der Waals surface area contributed by atoms with Gasteiger partial charge in [-0.15, -0.1) is 0 Å². The van der Waals surface area contributed by atoms with Crippen molar-refractivity contribution in [1.29, 1.82) is 5.41 Å². The maximum atomic E-state index is 13.3. The van der Waals surface area contributed by atoms with Crippen LogP contribution in [0.3, 0.4) is 0 Å². The minimum absolute atomic E-state index is 0.252. The lowest BCUT2D eigenvalue weighted by Gasteiger charge is -2.14. The van der Waals surface area contributed by atoms with Crippen LogP contribution in [0.25, 0.3) is 16.6 Å². The molecule has 0 fully saturated rings. The van der Waals surface area contributed by atoms with Crippen molar-refractivity contribution in [2.24, 2.45) is 0 Å². The van der Waals surface area contributed by atoms with Crippen LogP contribution in [-0.4, -0.2) is 10.8 Å². The highest BCUT2D eigenvalue weighted by Crippen LogP contribution is 2.35. The monoisotopic (exact) mass is 309 g/mol. The van der Waals surface area contributed by atoms with Gasteiger partial charge in [-0.05, 0) is 54.8 Å². The standard InChI is InChI=1S/C19H20FN3/c1-11(2)19-12(3)16-9-17(22)13(10-21)8-18(16)23(19)15-6-4-14(20)5-7-15/h4-11,21H,22H2,1-3H3. The third-order valence-corrected chi connectivity index (χ3v) is 4.26. The number of aryl methyl sites for hydroxylation is 1. The summed E-state index contributed by atoms with van der Waals surface area (Å²) in [4.78, 5) is 0. The van der Waals surface area contributed by atoms with Crippen LogP contribution in [-0.2, 0) is 0 Å². The largest absolute Gasteiger partial charge is 0.398 e. The molecule has 118 valence electrons. The Labute approximate surface area is 135 Å². The second-order valence-corrected chi connectivity index (χ2v) is 6.12. The molecular weight excluding hydrogens is 289 g/mol. The van der Waals surface area contributed by atoms with E-state index < -0.39 is 0 Å². The lowest BCUT2D eigenvalue weighted by atomic mass is 10.0. The number of nitrogen functional groups attached to an aromatic ring is 1. The van der Waals surface area contributed by atoms with Gasteiger partial charge in [-0.1, -0.05) is 13.8 Å². The fourth-order valence-corrected chi connectivity index (χ4v) is 3.23. The fraction of sp³-hybridized carbons (Fsp3) is 0.211. The molecule has 0 aliphatic heterocycles. The second kappa shape index (κ2) is 5.54.